The number of ether oxygens (including phenoxy) is 1. The number of rotatable bonds is 2. The van der Waals surface area contributed by atoms with Gasteiger partial charge in [0.05, 0.1) is 7.11 Å². The van der Waals surface area contributed by atoms with Crippen molar-refractivity contribution >= 4 is 23.4 Å². The number of pyridine rings is 1. The van der Waals surface area contributed by atoms with E-state index in [9.17, 15) is 14.4 Å². The van der Waals surface area contributed by atoms with E-state index in [2.05, 4.69) is 9.72 Å². The van der Waals surface area contributed by atoms with Crippen LogP contribution in [0.4, 0.5) is 0 Å². The number of H-pyrrole nitrogens is 1. The van der Waals surface area contributed by atoms with Gasteiger partial charge in [0.1, 0.15) is 5.56 Å². The number of benzene rings is 1. The first-order chi connectivity index (χ1) is 11.0. The zero-order valence-electron chi connectivity index (χ0n) is 12.4. The topological polar surface area (TPSA) is 76.2 Å². The van der Waals surface area contributed by atoms with Gasteiger partial charge in [0.15, 0.2) is 5.78 Å². The number of carbonyl (C=O) groups excluding carboxylic acids is 2. The number of ketones is 1. The molecule has 1 aliphatic rings. The van der Waals surface area contributed by atoms with Crippen molar-refractivity contribution in [2.75, 3.05) is 7.11 Å². The summed E-state index contributed by atoms with van der Waals surface area (Å²) in [7, 11) is 1.19. The Kier molecular flexibility index (Phi) is 4.05. The molecule has 0 aliphatic heterocycles. The lowest BCUT2D eigenvalue weighted by molar-refractivity contribution is 0.0598. The molecule has 0 amide bonds. The van der Waals surface area contributed by atoms with E-state index in [0.29, 0.717) is 29.1 Å². The van der Waals surface area contributed by atoms with Gasteiger partial charge in [0.25, 0.3) is 5.56 Å². The van der Waals surface area contributed by atoms with Crippen molar-refractivity contribution in [3.05, 3.63) is 68.1 Å². The van der Waals surface area contributed by atoms with Crippen LogP contribution in [0.3, 0.4) is 0 Å². The molecule has 1 aliphatic carbocycles. The molecule has 23 heavy (non-hydrogen) atoms. The van der Waals surface area contributed by atoms with Gasteiger partial charge in [-0.25, -0.2) is 4.79 Å². The van der Waals surface area contributed by atoms with Gasteiger partial charge in [-0.05, 0) is 36.1 Å². The molecule has 0 unspecified atom stereocenters. The molecule has 0 spiro atoms. The lowest BCUT2D eigenvalue weighted by Crippen LogP contribution is -2.27. The molecular formula is C17H14ClNO4. The minimum Gasteiger partial charge on any atom is -0.465 e. The smallest absolute Gasteiger partial charge is 0.343 e. The predicted octanol–water partition coefficient (Wildman–Crippen LogP) is 2.73. The first-order valence-corrected chi connectivity index (χ1v) is 7.50. The average molecular weight is 332 g/mol. The number of halogens is 1. The highest BCUT2D eigenvalue weighted by atomic mass is 35.5. The predicted molar refractivity (Wildman–Crippen MR) is 85.2 cm³/mol. The van der Waals surface area contributed by atoms with E-state index in [-0.39, 0.29) is 17.3 Å². The zero-order valence-corrected chi connectivity index (χ0v) is 13.1. The number of fused-ring (bicyclic) bond motifs is 1. The first-order valence-electron chi connectivity index (χ1n) is 7.12. The van der Waals surface area contributed by atoms with Crippen LogP contribution in [0, 0.1) is 0 Å². The van der Waals surface area contributed by atoms with Crippen LogP contribution >= 0.6 is 11.6 Å². The molecule has 5 nitrogen and oxygen atoms in total. The van der Waals surface area contributed by atoms with Crippen molar-refractivity contribution in [1.29, 1.82) is 0 Å². The Hall–Kier alpha value is -2.40. The highest BCUT2D eigenvalue weighted by molar-refractivity contribution is 6.30. The normalized spacial score (nSPS) is 16.8. The van der Waals surface area contributed by atoms with Crippen LogP contribution in [-0.2, 0) is 11.2 Å². The highest BCUT2D eigenvalue weighted by Crippen LogP contribution is 2.32. The molecule has 1 heterocycles. The van der Waals surface area contributed by atoms with Crippen LogP contribution in [0.25, 0.3) is 0 Å². The van der Waals surface area contributed by atoms with Gasteiger partial charge in [0, 0.05) is 22.7 Å². The maximum absolute atomic E-state index is 12.4. The Bertz CT molecular complexity index is 839. The Morgan fingerprint density at radius 2 is 1.91 bits per heavy atom. The number of nitrogens with one attached hydrogen (secondary N) is 1. The van der Waals surface area contributed by atoms with Crippen LogP contribution in [0.1, 0.15) is 44.3 Å². The standard InChI is InChI=1S/C17H14ClNO4/c1-23-17(22)13-8-12-14(19-16(13)21)6-10(7-15(12)20)9-2-4-11(18)5-3-9/h2-5,8,10H,6-7H2,1H3,(H,19,21)/t10-/m1/s1. The molecule has 1 atom stereocenters. The highest BCUT2D eigenvalue weighted by Gasteiger charge is 2.28. The van der Waals surface area contributed by atoms with Crippen molar-refractivity contribution in [3.8, 4) is 0 Å². The monoisotopic (exact) mass is 331 g/mol. The maximum atomic E-state index is 12.4. The summed E-state index contributed by atoms with van der Waals surface area (Å²) in [4.78, 5) is 38.6. The largest absolute Gasteiger partial charge is 0.465 e. The summed E-state index contributed by atoms with van der Waals surface area (Å²) in [6, 6.07) is 8.65. The molecule has 0 saturated carbocycles. The number of esters is 1. The van der Waals surface area contributed by atoms with Gasteiger partial charge in [-0.3, -0.25) is 9.59 Å². The molecule has 0 radical (unpaired) electrons. The van der Waals surface area contributed by atoms with Crippen LogP contribution in [0.5, 0.6) is 0 Å². The van der Waals surface area contributed by atoms with E-state index >= 15 is 0 Å². The summed E-state index contributed by atoms with van der Waals surface area (Å²) in [5, 5.41) is 0.632. The fraction of sp³-hybridized carbons (Fsp3) is 0.235. The molecular weight excluding hydrogens is 318 g/mol. The van der Waals surface area contributed by atoms with Gasteiger partial charge in [0.2, 0.25) is 0 Å². The second kappa shape index (κ2) is 6.01. The summed E-state index contributed by atoms with van der Waals surface area (Å²) >= 11 is 5.88. The van der Waals surface area contributed by atoms with Crippen LogP contribution < -0.4 is 5.56 Å². The van der Waals surface area contributed by atoms with Gasteiger partial charge in [-0.2, -0.15) is 0 Å². The van der Waals surface area contributed by atoms with E-state index in [0.717, 1.165) is 5.56 Å². The Morgan fingerprint density at radius 1 is 1.22 bits per heavy atom. The van der Waals surface area contributed by atoms with E-state index in [1.807, 2.05) is 12.1 Å². The lowest BCUT2D eigenvalue weighted by Gasteiger charge is -2.24. The summed E-state index contributed by atoms with van der Waals surface area (Å²) in [5.41, 5.74) is 1.24. The third-order valence-corrected chi connectivity index (χ3v) is 4.30. The molecule has 1 aromatic carbocycles. The minimum atomic E-state index is -0.748. The molecule has 1 N–H and O–H groups in total. The molecule has 0 saturated heterocycles. The number of methoxy groups -OCH3 is 1. The molecule has 118 valence electrons. The number of hydrogen-bond acceptors (Lipinski definition) is 4. The number of carbonyl (C=O) groups is 2. The van der Waals surface area contributed by atoms with Gasteiger partial charge < -0.3 is 9.72 Å². The number of hydrogen-bond donors (Lipinski definition) is 1. The first kappa shape index (κ1) is 15.5. The summed E-state index contributed by atoms with van der Waals surface area (Å²) < 4.78 is 4.56. The Labute approximate surface area is 137 Å². The van der Waals surface area contributed by atoms with E-state index < -0.39 is 11.5 Å². The lowest BCUT2D eigenvalue weighted by atomic mass is 9.81. The molecule has 0 bridgehead atoms. The van der Waals surface area contributed by atoms with Crippen molar-refractivity contribution < 1.29 is 14.3 Å². The van der Waals surface area contributed by atoms with Gasteiger partial charge in [-0.1, -0.05) is 23.7 Å². The van der Waals surface area contributed by atoms with Crippen LogP contribution in [-0.4, -0.2) is 23.8 Å². The average Bonchev–Trinajstić information content (AvgIpc) is 2.54. The SMILES string of the molecule is COC(=O)c1cc2c([nH]c1=O)C[C@@H](c1ccc(Cl)cc1)CC2=O. The van der Waals surface area contributed by atoms with Crippen molar-refractivity contribution in [3.63, 3.8) is 0 Å². The number of aromatic amines is 1. The van der Waals surface area contributed by atoms with E-state index in [4.69, 9.17) is 11.6 Å². The van der Waals surface area contributed by atoms with Gasteiger partial charge >= 0.3 is 5.97 Å². The van der Waals surface area contributed by atoms with Gasteiger partial charge in [-0.15, -0.1) is 0 Å². The minimum absolute atomic E-state index is 0.0214. The molecule has 3 rings (SSSR count). The maximum Gasteiger partial charge on any atom is 0.343 e. The molecule has 6 heteroatoms. The Morgan fingerprint density at radius 3 is 2.57 bits per heavy atom. The Balaban J connectivity index is 1.99. The van der Waals surface area contributed by atoms with Crippen LogP contribution in [0.2, 0.25) is 5.02 Å². The van der Waals surface area contributed by atoms with Crippen molar-refractivity contribution in [2.45, 2.75) is 18.8 Å². The second-order valence-corrected chi connectivity index (χ2v) is 5.91. The fourth-order valence-electron chi connectivity index (χ4n) is 2.86. The van der Waals surface area contributed by atoms with Crippen molar-refractivity contribution in [1.82, 2.24) is 4.98 Å². The number of aromatic nitrogens is 1. The number of Topliss-reactive ketones (excluding diaryl/α,β-unsaturated/α-hetero) is 1. The summed E-state index contributed by atoms with van der Waals surface area (Å²) in [6.45, 7) is 0. The fourth-order valence-corrected chi connectivity index (χ4v) is 2.99. The quantitative estimate of drug-likeness (QED) is 0.858. The van der Waals surface area contributed by atoms with E-state index in [1.165, 1.54) is 13.2 Å². The van der Waals surface area contributed by atoms with E-state index in [1.54, 1.807) is 12.1 Å². The second-order valence-electron chi connectivity index (χ2n) is 5.48. The molecule has 0 fully saturated rings. The zero-order chi connectivity index (χ0) is 16.6. The van der Waals surface area contributed by atoms with Crippen molar-refractivity contribution in [2.24, 2.45) is 0 Å². The third kappa shape index (κ3) is 2.92. The molecule has 1 aromatic heterocycles. The van der Waals surface area contributed by atoms with Crippen LogP contribution in [0.15, 0.2) is 35.1 Å². The third-order valence-electron chi connectivity index (χ3n) is 4.05. The molecule has 2 aromatic rings. The summed E-state index contributed by atoms with van der Waals surface area (Å²) in [6.07, 6.45) is 0.848. The summed E-state index contributed by atoms with van der Waals surface area (Å²) in [5.74, 6) is -0.874.